The van der Waals surface area contributed by atoms with Crippen molar-refractivity contribution in [2.45, 2.75) is 0 Å². The average molecular weight is 608 g/mol. The Balaban J connectivity index is 1.38. The second-order valence-corrected chi connectivity index (χ2v) is 10.1. The lowest BCUT2D eigenvalue weighted by Crippen LogP contribution is -2.51. The molecule has 0 atom stereocenters. The fraction of sp³-hybridized carbons (Fsp3) is 0.0333. The van der Waals surface area contributed by atoms with E-state index in [1.165, 1.54) is 78.9 Å². The summed E-state index contributed by atoms with van der Waals surface area (Å²) in [5, 5.41) is 2.34. The van der Waals surface area contributed by atoms with Crippen LogP contribution in [-0.2, 0) is 0 Å². The lowest BCUT2D eigenvalue weighted by atomic mass is 10.1. The molecule has 0 fully saturated rings. The number of ketones is 1. The van der Waals surface area contributed by atoms with E-state index in [1.807, 2.05) is 0 Å². The molecule has 5 rings (SSSR count). The molecule has 1 heterocycles. The molecule has 41 heavy (non-hydrogen) atoms. The van der Waals surface area contributed by atoms with Crippen LogP contribution in [0.2, 0.25) is 15.1 Å². The quantitative estimate of drug-likeness (QED) is 0.104. The highest BCUT2D eigenvalue weighted by Crippen LogP contribution is 2.27. The van der Waals surface area contributed by atoms with Crippen LogP contribution in [0.5, 0.6) is 5.75 Å². The number of rotatable bonds is 7. The molecule has 0 spiro atoms. The first-order chi connectivity index (χ1) is 19.6. The summed E-state index contributed by atoms with van der Waals surface area (Å²) in [7, 11) is 0. The molecule has 1 aliphatic rings. The summed E-state index contributed by atoms with van der Waals surface area (Å²) in [6, 6.07) is 21.8. The molecule has 0 radical (unpaired) electrons. The number of hydrogen-bond acceptors (Lipinski definition) is 6. The van der Waals surface area contributed by atoms with Gasteiger partial charge in [-0.15, -0.1) is 0 Å². The molecular formula is C30H17Cl3N2O6. The van der Waals surface area contributed by atoms with Crippen LogP contribution in [-0.4, -0.2) is 46.0 Å². The lowest BCUT2D eigenvalue weighted by Gasteiger charge is -2.29. The van der Waals surface area contributed by atoms with Crippen LogP contribution < -0.4 is 4.74 Å². The predicted octanol–water partition coefficient (Wildman–Crippen LogP) is 6.40. The summed E-state index contributed by atoms with van der Waals surface area (Å²) in [6.07, 6.45) is 0. The highest BCUT2D eigenvalue weighted by molar-refractivity contribution is 6.36. The van der Waals surface area contributed by atoms with Gasteiger partial charge in [-0.2, -0.15) is 5.01 Å². The summed E-state index contributed by atoms with van der Waals surface area (Å²) < 4.78 is 5.34. The molecule has 0 bridgehead atoms. The first kappa shape index (κ1) is 28.0. The van der Waals surface area contributed by atoms with Crippen molar-refractivity contribution in [2.24, 2.45) is 0 Å². The zero-order valence-corrected chi connectivity index (χ0v) is 23.1. The van der Waals surface area contributed by atoms with Gasteiger partial charge in [0.25, 0.3) is 17.7 Å². The summed E-state index contributed by atoms with van der Waals surface area (Å²) >= 11 is 17.9. The van der Waals surface area contributed by atoms with Gasteiger partial charge < -0.3 is 4.74 Å². The zero-order chi connectivity index (χ0) is 29.3. The minimum atomic E-state index is -0.755. The number of hydrazine groups is 1. The SMILES string of the molecule is O=C(CN(C(=O)c1ccc(Cl)cc1)N1C(=O)c2ccccc2C1=O)c1ccc(OC(=O)c2ccc(Cl)cc2Cl)cc1. The molecule has 8 nitrogen and oxygen atoms in total. The van der Waals surface area contributed by atoms with Crippen molar-refractivity contribution in [1.82, 2.24) is 10.0 Å². The molecule has 0 saturated heterocycles. The van der Waals surface area contributed by atoms with E-state index >= 15 is 0 Å². The maximum Gasteiger partial charge on any atom is 0.345 e. The number of esters is 1. The Bertz CT molecular complexity index is 1690. The van der Waals surface area contributed by atoms with Gasteiger partial charge in [-0.1, -0.05) is 46.9 Å². The molecule has 0 N–H and O–H groups in total. The summed E-state index contributed by atoms with van der Waals surface area (Å²) in [6.45, 7) is -0.632. The van der Waals surface area contributed by atoms with Gasteiger partial charge >= 0.3 is 5.97 Å². The Hall–Kier alpha value is -4.50. The Morgan fingerprint density at radius 2 is 1.27 bits per heavy atom. The lowest BCUT2D eigenvalue weighted by molar-refractivity contribution is 0.00531. The number of halogens is 3. The van der Waals surface area contributed by atoms with Crippen LogP contribution >= 0.6 is 34.8 Å². The second-order valence-electron chi connectivity index (χ2n) is 8.80. The van der Waals surface area contributed by atoms with Crippen molar-refractivity contribution < 1.29 is 28.7 Å². The number of hydrogen-bond donors (Lipinski definition) is 0. The monoisotopic (exact) mass is 606 g/mol. The summed E-state index contributed by atoms with van der Waals surface area (Å²) in [5.74, 6) is -3.40. The molecule has 0 aliphatic carbocycles. The number of fused-ring (bicyclic) bond motifs is 1. The molecule has 204 valence electrons. The number of benzene rings is 4. The standard InChI is InChI=1S/C30H17Cl3N2O6/c31-19-9-5-18(6-10-19)27(37)34(35-28(38)22-3-1-2-4-23(22)29(35)39)16-26(36)17-7-12-21(13-8-17)41-30(40)24-14-11-20(32)15-25(24)33/h1-15H,16H2. The highest BCUT2D eigenvalue weighted by Gasteiger charge is 2.42. The fourth-order valence-corrected chi connectivity index (χ4v) is 4.74. The minimum Gasteiger partial charge on any atom is -0.423 e. The van der Waals surface area contributed by atoms with E-state index in [0.29, 0.717) is 15.1 Å². The normalized spacial score (nSPS) is 12.2. The number of carbonyl (C=O) groups excluding carboxylic acids is 5. The molecule has 11 heteroatoms. The molecule has 3 amide bonds. The van der Waals surface area contributed by atoms with Crippen molar-refractivity contribution in [2.75, 3.05) is 6.54 Å². The number of amides is 3. The third kappa shape index (κ3) is 5.71. The van der Waals surface area contributed by atoms with Crippen molar-refractivity contribution in [1.29, 1.82) is 0 Å². The van der Waals surface area contributed by atoms with Gasteiger partial charge in [0.15, 0.2) is 5.78 Å². The van der Waals surface area contributed by atoms with Crippen LogP contribution in [0.25, 0.3) is 0 Å². The van der Waals surface area contributed by atoms with E-state index < -0.39 is 36.0 Å². The Labute approximate surface area is 248 Å². The van der Waals surface area contributed by atoms with Gasteiger partial charge in [-0.05, 0) is 78.9 Å². The average Bonchev–Trinajstić information content (AvgIpc) is 3.21. The molecule has 1 aliphatic heterocycles. The van der Waals surface area contributed by atoms with Gasteiger partial charge in [0.2, 0.25) is 0 Å². The molecule has 0 saturated carbocycles. The van der Waals surface area contributed by atoms with Gasteiger partial charge in [-0.3, -0.25) is 19.2 Å². The van der Waals surface area contributed by atoms with Crippen molar-refractivity contribution in [3.8, 4) is 5.75 Å². The first-order valence-corrected chi connectivity index (χ1v) is 13.1. The summed E-state index contributed by atoms with van der Waals surface area (Å²) in [5.41, 5.74) is 0.590. The number of Topliss-reactive ketones (excluding diaryl/α,β-unsaturated/α-hetero) is 1. The number of carbonyl (C=O) groups is 5. The fourth-order valence-electron chi connectivity index (χ4n) is 4.12. The number of imide groups is 1. The van der Waals surface area contributed by atoms with Crippen molar-refractivity contribution in [3.05, 3.63) is 134 Å². The van der Waals surface area contributed by atoms with Gasteiger partial charge in [0.05, 0.1) is 21.7 Å². The van der Waals surface area contributed by atoms with Gasteiger partial charge in [-0.25, -0.2) is 9.80 Å². The van der Waals surface area contributed by atoms with Crippen LogP contribution in [0.15, 0.2) is 91.0 Å². The maximum atomic E-state index is 13.5. The Kier molecular flexibility index (Phi) is 7.90. The van der Waals surface area contributed by atoms with E-state index in [9.17, 15) is 24.0 Å². The zero-order valence-electron chi connectivity index (χ0n) is 20.8. The van der Waals surface area contributed by atoms with Gasteiger partial charge in [0.1, 0.15) is 12.3 Å². The maximum absolute atomic E-state index is 13.5. The summed E-state index contributed by atoms with van der Waals surface area (Å²) in [4.78, 5) is 65.7. The predicted molar refractivity (Wildman–Crippen MR) is 152 cm³/mol. The first-order valence-electron chi connectivity index (χ1n) is 12.0. The Morgan fingerprint density at radius 3 is 1.85 bits per heavy atom. The topological polar surface area (TPSA) is 101 Å². The molecule has 4 aromatic carbocycles. The van der Waals surface area contributed by atoms with Crippen LogP contribution in [0.1, 0.15) is 51.8 Å². The molecule has 0 aromatic heterocycles. The Morgan fingerprint density at radius 1 is 0.707 bits per heavy atom. The number of ether oxygens (including phenoxy) is 1. The third-order valence-corrected chi connectivity index (χ3v) is 6.97. The molecule has 0 unspecified atom stereocenters. The third-order valence-electron chi connectivity index (χ3n) is 6.17. The molecule has 4 aromatic rings. The van der Waals surface area contributed by atoms with Crippen LogP contribution in [0.3, 0.4) is 0 Å². The largest absolute Gasteiger partial charge is 0.423 e. The van der Waals surface area contributed by atoms with E-state index in [2.05, 4.69) is 0 Å². The van der Waals surface area contributed by atoms with Crippen molar-refractivity contribution in [3.63, 3.8) is 0 Å². The smallest absolute Gasteiger partial charge is 0.345 e. The van der Waals surface area contributed by atoms with E-state index in [0.717, 1.165) is 5.01 Å². The van der Waals surface area contributed by atoms with Crippen LogP contribution in [0.4, 0.5) is 0 Å². The van der Waals surface area contributed by atoms with Crippen LogP contribution in [0, 0.1) is 0 Å². The second kappa shape index (κ2) is 11.5. The highest BCUT2D eigenvalue weighted by atomic mass is 35.5. The minimum absolute atomic E-state index is 0.105. The van der Waals surface area contributed by atoms with E-state index in [4.69, 9.17) is 39.5 Å². The van der Waals surface area contributed by atoms with E-state index in [-0.39, 0.29) is 38.6 Å². The number of nitrogens with zero attached hydrogens (tertiary/aromatic N) is 2. The van der Waals surface area contributed by atoms with Crippen molar-refractivity contribution >= 4 is 64.3 Å². The molecular weight excluding hydrogens is 591 g/mol. The van der Waals surface area contributed by atoms with Gasteiger partial charge in [0, 0.05) is 21.2 Å². The van der Waals surface area contributed by atoms with E-state index in [1.54, 1.807) is 12.1 Å².